The highest BCUT2D eigenvalue weighted by molar-refractivity contribution is 5.94. The highest BCUT2D eigenvalue weighted by Gasteiger charge is 2.37. The van der Waals surface area contributed by atoms with Crippen molar-refractivity contribution >= 4 is 11.9 Å². The van der Waals surface area contributed by atoms with Gasteiger partial charge in [-0.1, -0.05) is 18.2 Å². The third-order valence-corrected chi connectivity index (χ3v) is 4.98. The molecule has 162 valence electrons. The van der Waals surface area contributed by atoms with Crippen LogP contribution in [0.4, 0.5) is 18.0 Å². The van der Waals surface area contributed by atoms with Crippen LogP contribution in [0, 0.1) is 0 Å². The summed E-state index contributed by atoms with van der Waals surface area (Å²) in [6.45, 7) is 0.725. The number of hydrogen-bond acceptors (Lipinski definition) is 3. The number of carbonyl (C=O) groups is 2. The van der Waals surface area contributed by atoms with Gasteiger partial charge in [-0.25, -0.2) is 4.79 Å². The Bertz CT molecular complexity index is 898. The molecule has 0 aliphatic carbocycles. The monoisotopic (exact) mass is 423 g/mol. The van der Waals surface area contributed by atoms with E-state index in [9.17, 15) is 22.8 Å². The molecule has 2 heterocycles. The Morgan fingerprint density at radius 3 is 2.63 bits per heavy atom. The molecular formula is C20H24F3N5O2. The Hall–Kier alpha value is -3.04. The minimum Gasteiger partial charge on any atom is -0.337 e. The summed E-state index contributed by atoms with van der Waals surface area (Å²) in [5.74, 6) is -0.104. The predicted molar refractivity (Wildman–Crippen MR) is 104 cm³/mol. The molecule has 2 aromatic rings. The molecule has 1 saturated heterocycles. The van der Waals surface area contributed by atoms with Crippen LogP contribution in [0.2, 0.25) is 0 Å². The Balaban J connectivity index is 1.60. The Kier molecular flexibility index (Phi) is 6.33. The largest absolute Gasteiger partial charge is 0.435 e. The molecular weight excluding hydrogens is 399 g/mol. The van der Waals surface area contributed by atoms with Crippen LogP contribution in [0.1, 0.15) is 34.5 Å². The van der Waals surface area contributed by atoms with Gasteiger partial charge < -0.3 is 15.1 Å². The number of benzene rings is 1. The molecule has 1 N–H and O–H groups in total. The normalized spacial score (nSPS) is 17.0. The number of rotatable bonds is 4. The number of carbonyl (C=O) groups excluding carboxylic acids is 2. The summed E-state index contributed by atoms with van der Waals surface area (Å²) < 4.78 is 40.4. The number of hydrogen-bond donors (Lipinski definition) is 1. The highest BCUT2D eigenvalue weighted by Crippen LogP contribution is 2.31. The Morgan fingerprint density at radius 1 is 1.27 bits per heavy atom. The van der Waals surface area contributed by atoms with Gasteiger partial charge in [-0.05, 0) is 25.0 Å². The third-order valence-electron chi connectivity index (χ3n) is 4.98. The van der Waals surface area contributed by atoms with Crippen LogP contribution in [0.3, 0.4) is 0 Å². The summed E-state index contributed by atoms with van der Waals surface area (Å²) in [7, 11) is 2.83. The number of aromatic nitrogens is 2. The lowest BCUT2D eigenvalue weighted by molar-refractivity contribution is -0.142. The van der Waals surface area contributed by atoms with Crippen LogP contribution in [0.5, 0.6) is 0 Å². The first-order valence-corrected chi connectivity index (χ1v) is 9.61. The summed E-state index contributed by atoms with van der Waals surface area (Å²) in [6.07, 6.45) is -1.91. The molecule has 3 amide bonds. The van der Waals surface area contributed by atoms with Crippen molar-refractivity contribution < 1.29 is 22.8 Å². The number of likely N-dealkylation sites (tertiary alicyclic amines) is 1. The second-order valence-corrected chi connectivity index (χ2v) is 7.44. The van der Waals surface area contributed by atoms with E-state index in [1.54, 1.807) is 29.2 Å². The van der Waals surface area contributed by atoms with Gasteiger partial charge >= 0.3 is 12.2 Å². The van der Waals surface area contributed by atoms with Gasteiger partial charge in [0.15, 0.2) is 5.69 Å². The highest BCUT2D eigenvalue weighted by atomic mass is 19.4. The standard InChI is InChI=1S/C20H24F3N5O2/c1-26(11-15-12-27(2)25-17(15)20(21,22)23)19(30)24-16-9-6-10-28(13-16)18(29)14-7-4-3-5-8-14/h3-5,7-8,12,16H,6,9-11,13H2,1-2H3,(H,24,30). The predicted octanol–water partition coefficient (Wildman–Crippen LogP) is 2.89. The molecule has 1 fully saturated rings. The molecule has 1 aliphatic rings. The molecule has 7 nitrogen and oxygen atoms in total. The quantitative estimate of drug-likeness (QED) is 0.822. The average molecular weight is 423 g/mol. The van der Waals surface area contributed by atoms with Crippen molar-refractivity contribution in [2.24, 2.45) is 7.05 Å². The second kappa shape index (κ2) is 8.76. The number of nitrogens with zero attached hydrogens (tertiary/aromatic N) is 4. The average Bonchev–Trinajstić information content (AvgIpc) is 3.08. The van der Waals surface area contributed by atoms with Gasteiger partial charge in [0, 0.05) is 50.6 Å². The molecule has 0 saturated carbocycles. The van der Waals surface area contributed by atoms with Crippen molar-refractivity contribution in [1.82, 2.24) is 24.9 Å². The maximum absolute atomic E-state index is 13.1. The number of alkyl halides is 3. The lowest BCUT2D eigenvalue weighted by Gasteiger charge is -2.34. The number of amides is 3. The minimum atomic E-state index is -4.59. The van der Waals surface area contributed by atoms with E-state index in [0.717, 1.165) is 11.1 Å². The number of urea groups is 1. The second-order valence-electron chi connectivity index (χ2n) is 7.44. The summed E-state index contributed by atoms with van der Waals surface area (Å²) in [4.78, 5) is 28.0. The lowest BCUT2D eigenvalue weighted by atomic mass is 10.0. The van der Waals surface area contributed by atoms with E-state index in [2.05, 4.69) is 10.4 Å². The topological polar surface area (TPSA) is 70.5 Å². The van der Waals surface area contributed by atoms with E-state index in [1.807, 2.05) is 6.07 Å². The first-order chi connectivity index (χ1) is 14.1. The van der Waals surface area contributed by atoms with Crippen molar-refractivity contribution in [2.75, 3.05) is 20.1 Å². The van der Waals surface area contributed by atoms with Crippen LogP contribution in [0.25, 0.3) is 0 Å². The van der Waals surface area contributed by atoms with Gasteiger partial charge in [-0.15, -0.1) is 0 Å². The maximum atomic E-state index is 13.1. The molecule has 30 heavy (non-hydrogen) atoms. The van der Waals surface area contributed by atoms with Crippen molar-refractivity contribution in [3.8, 4) is 0 Å². The summed E-state index contributed by atoms with van der Waals surface area (Å²) in [6, 6.07) is 8.13. The molecule has 10 heteroatoms. The van der Waals surface area contributed by atoms with E-state index in [-0.39, 0.29) is 24.1 Å². The van der Waals surface area contributed by atoms with Crippen molar-refractivity contribution in [3.05, 3.63) is 53.3 Å². The Morgan fingerprint density at radius 2 is 1.97 bits per heavy atom. The van der Waals surface area contributed by atoms with Gasteiger partial charge in [-0.3, -0.25) is 9.48 Å². The van der Waals surface area contributed by atoms with Crippen LogP contribution >= 0.6 is 0 Å². The summed E-state index contributed by atoms with van der Waals surface area (Å²) in [5.41, 5.74) is -0.494. The smallest absolute Gasteiger partial charge is 0.337 e. The van der Waals surface area contributed by atoms with Crippen LogP contribution in [-0.4, -0.2) is 57.7 Å². The van der Waals surface area contributed by atoms with Crippen molar-refractivity contribution in [1.29, 1.82) is 0 Å². The lowest BCUT2D eigenvalue weighted by Crippen LogP contribution is -2.52. The molecule has 1 aliphatic heterocycles. The number of nitrogens with one attached hydrogen (secondary N) is 1. The number of halogens is 3. The van der Waals surface area contributed by atoms with E-state index in [0.29, 0.717) is 25.1 Å². The molecule has 1 aromatic carbocycles. The number of piperidine rings is 1. The fourth-order valence-corrected chi connectivity index (χ4v) is 3.55. The zero-order chi connectivity index (χ0) is 21.9. The molecule has 3 rings (SSSR count). The first kappa shape index (κ1) is 21.7. The van der Waals surface area contributed by atoms with E-state index in [1.165, 1.54) is 25.2 Å². The summed E-state index contributed by atoms with van der Waals surface area (Å²) >= 11 is 0. The first-order valence-electron chi connectivity index (χ1n) is 9.61. The fourth-order valence-electron chi connectivity index (χ4n) is 3.55. The zero-order valence-electron chi connectivity index (χ0n) is 16.8. The molecule has 1 unspecified atom stereocenters. The fraction of sp³-hybridized carbons (Fsp3) is 0.450. The SMILES string of the molecule is CN(Cc1cn(C)nc1C(F)(F)F)C(=O)NC1CCCN(C(=O)c2ccccc2)C1. The molecule has 1 aromatic heterocycles. The zero-order valence-corrected chi connectivity index (χ0v) is 16.8. The van der Waals surface area contributed by atoms with E-state index in [4.69, 9.17) is 0 Å². The number of aryl methyl sites for hydroxylation is 1. The van der Waals surface area contributed by atoms with Gasteiger partial charge in [0.25, 0.3) is 5.91 Å². The maximum Gasteiger partial charge on any atom is 0.435 e. The van der Waals surface area contributed by atoms with Gasteiger partial charge in [0.1, 0.15) is 0 Å². The van der Waals surface area contributed by atoms with Crippen LogP contribution < -0.4 is 5.32 Å². The van der Waals surface area contributed by atoms with Crippen molar-refractivity contribution in [2.45, 2.75) is 31.6 Å². The van der Waals surface area contributed by atoms with Gasteiger partial charge in [0.2, 0.25) is 0 Å². The molecule has 0 radical (unpaired) electrons. The molecule has 1 atom stereocenters. The van der Waals surface area contributed by atoms with E-state index >= 15 is 0 Å². The Labute approximate surface area is 172 Å². The van der Waals surface area contributed by atoms with Crippen LogP contribution in [0.15, 0.2) is 36.5 Å². The van der Waals surface area contributed by atoms with Gasteiger partial charge in [-0.2, -0.15) is 18.3 Å². The summed E-state index contributed by atoms with van der Waals surface area (Å²) in [5, 5.41) is 6.28. The van der Waals surface area contributed by atoms with Crippen LogP contribution in [-0.2, 0) is 19.8 Å². The minimum absolute atomic E-state index is 0.0767. The molecule has 0 spiro atoms. The van der Waals surface area contributed by atoms with Crippen molar-refractivity contribution in [3.63, 3.8) is 0 Å². The van der Waals surface area contributed by atoms with E-state index < -0.39 is 17.9 Å². The van der Waals surface area contributed by atoms with Gasteiger partial charge in [0.05, 0.1) is 6.54 Å². The third kappa shape index (κ3) is 5.11. The molecule has 0 bridgehead atoms.